The molecule has 1 unspecified atom stereocenters. The molecule has 0 radical (unpaired) electrons. The molecule has 5 heteroatoms. The van der Waals surface area contributed by atoms with Crippen LogP contribution >= 0.6 is 15.9 Å². The Bertz CT molecular complexity index is 533. The fourth-order valence-corrected chi connectivity index (χ4v) is 2.49. The molecule has 0 aliphatic heterocycles. The maximum atomic E-state index is 5.62. The molecule has 0 amide bonds. The molecular weight excluding hydrogens is 306 g/mol. The summed E-state index contributed by atoms with van der Waals surface area (Å²) in [4.78, 5) is 4.32. The molecule has 19 heavy (non-hydrogen) atoms. The van der Waals surface area contributed by atoms with Crippen molar-refractivity contribution in [1.29, 1.82) is 0 Å². The van der Waals surface area contributed by atoms with Gasteiger partial charge in [-0.25, -0.2) is 0 Å². The normalized spacial score (nSPS) is 12.2. The Kier molecular flexibility index (Phi) is 4.90. The fourth-order valence-electron chi connectivity index (χ4n) is 1.90. The van der Waals surface area contributed by atoms with Crippen LogP contribution in [0.15, 0.2) is 47.1 Å². The van der Waals surface area contributed by atoms with Crippen molar-refractivity contribution in [1.82, 2.24) is 10.4 Å². The third-order valence-electron chi connectivity index (χ3n) is 2.90. The molecule has 0 saturated heterocycles. The van der Waals surface area contributed by atoms with E-state index in [1.165, 1.54) is 0 Å². The number of hydrogen-bond donors (Lipinski definition) is 2. The summed E-state index contributed by atoms with van der Waals surface area (Å²) in [6.07, 6.45) is 2.53. The first kappa shape index (κ1) is 14.0. The topological polar surface area (TPSA) is 60.2 Å². The maximum Gasteiger partial charge on any atom is 0.133 e. The Labute approximate surface area is 121 Å². The third kappa shape index (κ3) is 3.53. The molecule has 0 bridgehead atoms. The van der Waals surface area contributed by atoms with Gasteiger partial charge in [0, 0.05) is 6.20 Å². The number of pyridine rings is 1. The van der Waals surface area contributed by atoms with Gasteiger partial charge in [-0.2, -0.15) is 0 Å². The largest absolute Gasteiger partial charge is 0.496 e. The van der Waals surface area contributed by atoms with Gasteiger partial charge in [0.1, 0.15) is 5.75 Å². The van der Waals surface area contributed by atoms with Crippen LogP contribution in [0.3, 0.4) is 0 Å². The zero-order chi connectivity index (χ0) is 13.7. The number of ether oxygens (including phenoxy) is 1. The Balaban J connectivity index is 2.17. The van der Waals surface area contributed by atoms with E-state index in [-0.39, 0.29) is 6.04 Å². The Morgan fingerprint density at radius 3 is 2.79 bits per heavy atom. The lowest BCUT2D eigenvalue weighted by Gasteiger charge is -2.16. The number of methoxy groups -OCH3 is 1. The molecule has 4 nitrogen and oxygen atoms in total. The van der Waals surface area contributed by atoms with Crippen molar-refractivity contribution >= 4 is 15.9 Å². The van der Waals surface area contributed by atoms with E-state index < -0.39 is 0 Å². The Hall–Kier alpha value is -1.43. The minimum absolute atomic E-state index is 0.0125. The van der Waals surface area contributed by atoms with Crippen molar-refractivity contribution in [3.8, 4) is 5.75 Å². The number of halogens is 1. The van der Waals surface area contributed by atoms with Gasteiger partial charge < -0.3 is 4.74 Å². The number of rotatable bonds is 5. The summed E-state index contributed by atoms with van der Waals surface area (Å²) >= 11 is 3.48. The molecule has 3 N–H and O–H groups in total. The smallest absolute Gasteiger partial charge is 0.133 e. The minimum Gasteiger partial charge on any atom is -0.496 e. The molecule has 2 aromatic rings. The van der Waals surface area contributed by atoms with Crippen LogP contribution in [-0.2, 0) is 6.42 Å². The van der Waals surface area contributed by atoms with E-state index >= 15 is 0 Å². The number of aromatic nitrogens is 1. The van der Waals surface area contributed by atoms with Gasteiger partial charge in [0.05, 0.1) is 23.3 Å². The average molecular weight is 322 g/mol. The second kappa shape index (κ2) is 6.65. The lowest BCUT2D eigenvalue weighted by molar-refractivity contribution is 0.412. The Morgan fingerprint density at radius 2 is 2.21 bits per heavy atom. The minimum atomic E-state index is -0.0125. The summed E-state index contributed by atoms with van der Waals surface area (Å²) in [7, 11) is 1.65. The molecule has 0 fully saturated rings. The van der Waals surface area contributed by atoms with E-state index in [0.29, 0.717) is 0 Å². The van der Waals surface area contributed by atoms with Gasteiger partial charge in [0.2, 0.25) is 0 Å². The van der Waals surface area contributed by atoms with Crippen molar-refractivity contribution < 1.29 is 4.74 Å². The van der Waals surface area contributed by atoms with Crippen molar-refractivity contribution in [3.63, 3.8) is 0 Å². The number of nitrogens with two attached hydrogens (primary N) is 1. The second-order valence-corrected chi connectivity index (χ2v) is 5.00. The molecule has 1 aromatic heterocycles. The van der Waals surface area contributed by atoms with Gasteiger partial charge in [-0.15, -0.1) is 0 Å². The number of benzene rings is 1. The van der Waals surface area contributed by atoms with E-state index in [4.69, 9.17) is 10.6 Å². The highest BCUT2D eigenvalue weighted by atomic mass is 79.9. The number of nitrogens with one attached hydrogen (secondary N) is 1. The highest BCUT2D eigenvalue weighted by molar-refractivity contribution is 9.10. The highest BCUT2D eigenvalue weighted by Crippen LogP contribution is 2.27. The van der Waals surface area contributed by atoms with Crippen LogP contribution in [0.4, 0.5) is 0 Å². The van der Waals surface area contributed by atoms with E-state index in [1.807, 2.05) is 36.4 Å². The molecule has 0 spiro atoms. The lowest BCUT2D eigenvalue weighted by atomic mass is 10.0. The molecular formula is C14H16BrN3O. The summed E-state index contributed by atoms with van der Waals surface area (Å²) < 4.78 is 6.15. The molecule has 100 valence electrons. The predicted octanol–water partition coefficient (Wildman–Crippen LogP) is 2.60. The molecule has 1 heterocycles. The van der Waals surface area contributed by atoms with Crippen molar-refractivity contribution in [3.05, 3.63) is 58.3 Å². The van der Waals surface area contributed by atoms with Crippen LogP contribution in [0, 0.1) is 0 Å². The molecule has 2 rings (SSSR count). The fraction of sp³-hybridized carbons (Fsp3) is 0.214. The molecule has 0 aliphatic carbocycles. The summed E-state index contributed by atoms with van der Waals surface area (Å²) in [6, 6.07) is 11.8. The summed E-state index contributed by atoms with van der Waals surface area (Å²) in [5.41, 5.74) is 4.89. The number of hydrogen-bond acceptors (Lipinski definition) is 4. The first-order valence-electron chi connectivity index (χ1n) is 5.94. The SMILES string of the molecule is COc1ccc(CC(NN)c2ccccn2)cc1Br. The third-order valence-corrected chi connectivity index (χ3v) is 3.52. The first-order chi connectivity index (χ1) is 9.24. The average Bonchev–Trinajstić information content (AvgIpc) is 2.46. The molecule has 1 atom stereocenters. The van der Waals surface area contributed by atoms with Gasteiger partial charge in [0.25, 0.3) is 0 Å². The van der Waals surface area contributed by atoms with E-state index in [0.717, 1.165) is 27.9 Å². The van der Waals surface area contributed by atoms with Crippen LogP contribution in [0.5, 0.6) is 5.75 Å². The van der Waals surface area contributed by atoms with Gasteiger partial charge in [-0.3, -0.25) is 16.3 Å². The van der Waals surface area contributed by atoms with Gasteiger partial charge in [-0.05, 0) is 52.2 Å². The van der Waals surface area contributed by atoms with Crippen molar-refractivity contribution in [2.45, 2.75) is 12.5 Å². The van der Waals surface area contributed by atoms with Crippen LogP contribution in [0.2, 0.25) is 0 Å². The van der Waals surface area contributed by atoms with E-state index in [2.05, 4.69) is 26.3 Å². The Morgan fingerprint density at radius 1 is 1.37 bits per heavy atom. The van der Waals surface area contributed by atoms with Gasteiger partial charge in [-0.1, -0.05) is 12.1 Å². The summed E-state index contributed by atoms with van der Waals surface area (Å²) in [5, 5.41) is 0. The second-order valence-electron chi connectivity index (χ2n) is 4.15. The summed E-state index contributed by atoms with van der Waals surface area (Å²) in [5.74, 6) is 6.44. The van der Waals surface area contributed by atoms with Crippen LogP contribution in [0.1, 0.15) is 17.3 Å². The zero-order valence-corrected chi connectivity index (χ0v) is 12.2. The number of nitrogens with zero attached hydrogens (tertiary/aromatic N) is 1. The highest BCUT2D eigenvalue weighted by Gasteiger charge is 2.12. The molecule has 0 saturated carbocycles. The van der Waals surface area contributed by atoms with Gasteiger partial charge >= 0.3 is 0 Å². The van der Waals surface area contributed by atoms with Crippen LogP contribution in [-0.4, -0.2) is 12.1 Å². The first-order valence-corrected chi connectivity index (χ1v) is 6.73. The monoisotopic (exact) mass is 321 g/mol. The molecule has 1 aromatic carbocycles. The number of hydrazine groups is 1. The van der Waals surface area contributed by atoms with Crippen LogP contribution < -0.4 is 16.0 Å². The standard InChI is InChI=1S/C14H16BrN3O/c1-19-14-6-5-10(8-11(14)15)9-13(18-16)12-4-2-3-7-17-12/h2-8,13,18H,9,16H2,1H3. The predicted molar refractivity (Wildman–Crippen MR) is 78.7 cm³/mol. The summed E-state index contributed by atoms with van der Waals surface area (Å²) in [6.45, 7) is 0. The van der Waals surface area contributed by atoms with E-state index in [9.17, 15) is 0 Å². The molecule has 0 aliphatic rings. The zero-order valence-electron chi connectivity index (χ0n) is 10.6. The van der Waals surface area contributed by atoms with Crippen molar-refractivity contribution in [2.24, 2.45) is 5.84 Å². The van der Waals surface area contributed by atoms with Crippen molar-refractivity contribution in [2.75, 3.05) is 7.11 Å². The van der Waals surface area contributed by atoms with E-state index in [1.54, 1.807) is 13.3 Å². The quantitative estimate of drug-likeness (QED) is 0.656. The van der Waals surface area contributed by atoms with Crippen LogP contribution in [0.25, 0.3) is 0 Å². The maximum absolute atomic E-state index is 5.62. The van der Waals surface area contributed by atoms with Gasteiger partial charge in [0.15, 0.2) is 0 Å². The lowest BCUT2D eigenvalue weighted by Crippen LogP contribution is -2.30.